The molecule has 1 N–H and O–H groups in total. The van der Waals surface area contributed by atoms with Crippen LogP contribution in [0.15, 0.2) is 47.3 Å². The van der Waals surface area contributed by atoms with Gasteiger partial charge in [-0.25, -0.2) is 4.68 Å². The van der Waals surface area contributed by atoms with Crippen molar-refractivity contribution < 1.29 is 4.74 Å². The molecule has 164 valence electrons. The van der Waals surface area contributed by atoms with E-state index in [0.717, 1.165) is 40.7 Å². The Hall–Kier alpha value is -3.52. The minimum absolute atomic E-state index is 0.125. The van der Waals surface area contributed by atoms with Crippen LogP contribution in [0.25, 0.3) is 10.9 Å². The second kappa shape index (κ2) is 8.20. The molecule has 2 aromatic heterocycles. The van der Waals surface area contributed by atoms with Crippen molar-refractivity contribution in [3.05, 3.63) is 80.9 Å². The van der Waals surface area contributed by atoms with E-state index >= 15 is 0 Å². The van der Waals surface area contributed by atoms with Gasteiger partial charge in [-0.05, 0) is 65.4 Å². The first kappa shape index (κ1) is 20.4. The molecule has 0 fully saturated rings. The Labute approximate surface area is 185 Å². The summed E-state index contributed by atoms with van der Waals surface area (Å²) < 4.78 is 6.98. The SMILES string of the molecule is COCCn1nnnc1C(c1cc2cc(C)cc(C)c2[nH]c1=O)N1CCc2ccccc21. The summed E-state index contributed by atoms with van der Waals surface area (Å²) >= 11 is 0. The molecule has 1 atom stereocenters. The van der Waals surface area contributed by atoms with Crippen molar-refractivity contribution in [2.24, 2.45) is 0 Å². The van der Waals surface area contributed by atoms with Gasteiger partial charge in [-0.1, -0.05) is 29.8 Å². The van der Waals surface area contributed by atoms with Crippen molar-refractivity contribution in [1.29, 1.82) is 0 Å². The summed E-state index contributed by atoms with van der Waals surface area (Å²) in [4.78, 5) is 18.8. The molecular weight excluding hydrogens is 404 g/mol. The quantitative estimate of drug-likeness (QED) is 0.506. The van der Waals surface area contributed by atoms with Crippen molar-refractivity contribution in [2.75, 3.05) is 25.2 Å². The van der Waals surface area contributed by atoms with Crippen LogP contribution < -0.4 is 10.5 Å². The third-order valence-corrected chi connectivity index (χ3v) is 6.16. The number of anilines is 1. The molecule has 0 radical (unpaired) electrons. The number of tetrazole rings is 1. The molecule has 5 rings (SSSR count). The molecule has 1 aliphatic rings. The van der Waals surface area contributed by atoms with Gasteiger partial charge >= 0.3 is 0 Å². The van der Waals surface area contributed by atoms with E-state index in [4.69, 9.17) is 4.74 Å². The summed E-state index contributed by atoms with van der Waals surface area (Å²) in [6.45, 7) is 5.86. The lowest BCUT2D eigenvalue weighted by molar-refractivity contribution is 0.181. The van der Waals surface area contributed by atoms with Gasteiger partial charge in [0.05, 0.1) is 18.7 Å². The van der Waals surface area contributed by atoms with E-state index in [2.05, 4.69) is 56.6 Å². The van der Waals surface area contributed by atoms with Crippen LogP contribution in [0.5, 0.6) is 0 Å². The van der Waals surface area contributed by atoms with Gasteiger partial charge in [0.15, 0.2) is 5.82 Å². The van der Waals surface area contributed by atoms with Crippen LogP contribution in [0, 0.1) is 13.8 Å². The van der Waals surface area contributed by atoms with Crippen LogP contribution in [0.4, 0.5) is 5.69 Å². The number of methoxy groups -OCH3 is 1. The third-order valence-electron chi connectivity index (χ3n) is 6.16. The van der Waals surface area contributed by atoms with E-state index in [1.807, 2.05) is 25.1 Å². The zero-order valence-electron chi connectivity index (χ0n) is 18.5. The topological polar surface area (TPSA) is 88.9 Å². The van der Waals surface area contributed by atoms with Crippen molar-refractivity contribution in [3.8, 4) is 0 Å². The van der Waals surface area contributed by atoms with E-state index in [9.17, 15) is 4.79 Å². The second-order valence-corrected chi connectivity index (χ2v) is 8.33. The van der Waals surface area contributed by atoms with Crippen LogP contribution >= 0.6 is 0 Å². The number of hydrogen-bond acceptors (Lipinski definition) is 6. The number of nitrogens with zero attached hydrogens (tertiary/aromatic N) is 5. The predicted octanol–water partition coefficient (Wildman–Crippen LogP) is 2.93. The highest BCUT2D eigenvalue weighted by atomic mass is 16.5. The molecule has 0 bridgehead atoms. The summed E-state index contributed by atoms with van der Waals surface area (Å²) in [7, 11) is 1.65. The van der Waals surface area contributed by atoms with Crippen molar-refractivity contribution in [1.82, 2.24) is 25.2 Å². The molecule has 1 unspecified atom stereocenters. The van der Waals surface area contributed by atoms with Crippen molar-refractivity contribution >= 4 is 16.6 Å². The first-order chi connectivity index (χ1) is 15.6. The number of para-hydroxylation sites is 1. The number of hydrogen-bond donors (Lipinski definition) is 1. The summed E-state index contributed by atoms with van der Waals surface area (Å²) in [6, 6.07) is 14.1. The maximum absolute atomic E-state index is 13.4. The molecule has 1 aliphatic heterocycles. The van der Waals surface area contributed by atoms with Crippen molar-refractivity contribution in [2.45, 2.75) is 32.9 Å². The van der Waals surface area contributed by atoms with Gasteiger partial charge in [-0.3, -0.25) is 4.79 Å². The number of H-pyrrole nitrogens is 1. The van der Waals surface area contributed by atoms with Gasteiger partial charge in [-0.15, -0.1) is 5.10 Å². The molecule has 8 heteroatoms. The molecule has 32 heavy (non-hydrogen) atoms. The number of benzene rings is 2. The lowest BCUT2D eigenvalue weighted by Gasteiger charge is -2.29. The Balaban J connectivity index is 1.72. The molecule has 0 spiro atoms. The summed E-state index contributed by atoms with van der Waals surface area (Å²) in [6.07, 6.45) is 0.913. The van der Waals surface area contributed by atoms with Crippen LogP contribution in [-0.4, -0.2) is 45.5 Å². The molecular formula is C24H26N6O2. The average Bonchev–Trinajstić information content (AvgIpc) is 3.41. The first-order valence-electron chi connectivity index (χ1n) is 10.8. The fourth-order valence-electron chi connectivity index (χ4n) is 4.73. The highest BCUT2D eigenvalue weighted by molar-refractivity contribution is 5.83. The Kier molecular flexibility index (Phi) is 5.22. The monoisotopic (exact) mass is 430 g/mol. The Morgan fingerprint density at radius 3 is 2.88 bits per heavy atom. The number of ether oxygens (including phenoxy) is 1. The number of aromatic nitrogens is 5. The van der Waals surface area contributed by atoms with Crippen molar-refractivity contribution in [3.63, 3.8) is 0 Å². The number of aryl methyl sites for hydroxylation is 2. The van der Waals surface area contributed by atoms with E-state index in [1.165, 1.54) is 5.56 Å². The first-order valence-corrected chi connectivity index (χ1v) is 10.8. The summed E-state index contributed by atoms with van der Waals surface area (Å²) in [5, 5.41) is 13.5. The minimum Gasteiger partial charge on any atom is -0.383 e. The Morgan fingerprint density at radius 2 is 2.03 bits per heavy atom. The number of fused-ring (bicyclic) bond motifs is 2. The lowest BCUT2D eigenvalue weighted by atomic mass is 10.0. The largest absolute Gasteiger partial charge is 0.383 e. The molecule has 8 nitrogen and oxygen atoms in total. The van der Waals surface area contributed by atoms with Crippen LogP contribution in [0.1, 0.15) is 34.1 Å². The zero-order chi connectivity index (χ0) is 22.2. The maximum Gasteiger partial charge on any atom is 0.254 e. The number of aromatic amines is 1. The van der Waals surface area contributed by atoms with Crippen LogP contribution in [-0.2, 0) is 17.7 Å². The third kappa shape index (κ3) is 3.46. The van der Waals surface area contributed by atoms with Gasteiger partial charge in [0.2, 0.25) is 0 Å². The van der Waals surface area contributed by atoms with Gasteiger partial charge in [-0.2, -0.15) is 0 Å². The molecule has 2 aromatic carbocycles. The summed E-state index contributed by atoms with van der Waals surface area (Å²) in [5.74, 6) is 0.632. The number of nitrogens with one attached hydrogen (secondary N) is 1. The molecule has 0 saturated heterocycles. The van der Waals surface area contributed by atoms with E-state index in [1.54, 1.807) is 11.8 Å². The van der Waals surface area contributed by atoms with E-state index in [-0.39, 0.29) is 5.56 Å². The summed E-state index contributed by atoms with van der Waals surface area (Å²) in [5.41, 5.74) is 5.95. The van der Waals surface area contributed by atoms with Gasteiger partial charge in [0.1, 0.15) is 6.04 Å². The minimum atomic E-state index is -0.417. The predicted molar refractivity (Wildman–Crippen MR) is 123 cm³/mol. The number of pyridine rings is 1. The molecule has 4 aromatic rings. The molecule has 3 heterocycles. The molecule has 0 amide bonds. The fraction of sp³-hybridized carbons (Fsp3) is 0.333. The van der Waals surface area contributed by atoms with Gasteiger partial charge in [0.25, 0.3) is 5.56 Å². The van der Waals surface area contributed by atoms with E-state index < -0.39 is 6.04 Å². The number of rotatable bonds is 6. The molecule has 0 aliphatic carbocycles. The highest BCUT2D eigenvalue weighted by Gasteiger charge is 2.34. The van der Waals surface area contributed by atoms with Crippen LogP contribution in [0.2, 0.25) is 0 Å². The smallest absolute Gasteiger partial charge is 0.254 e. The lowest BCUT2D eigenvalue weighted by Crippen LogP contribution is -2.34. The van der Waals surface area contributed by atoms with Gasteiger partial charge < -0.3 is 14.6 Å². The highest BCUT2D eigenvalue weighted by Crippen LogP contribution is 2.37. The Bertz CT molecular complexity index is 1340. The average molecular weight is 431 g/mol. The van der Waals surface area contributed by atoms with E-state index in [0.29, 0.717) is 24.5 Å². The zero-order valence-corrected chi connectivity index (χ0v) is 18.5. The Morgan fingerprint density at radius 1 is 1.19 bits per heavy atom. The second-order valence-electron chi connectivity index (χ2n) is 8.33. The standard InChI is InChI=1S/C24H26N6O2/c1-15-12-16(2)21-18(13-15)14-19(24(31)25-21)22(23-26-27-28-30(23)10-11-32-3)29-9-8-17-6-4-5-7-20(17)29/h4-7,12-14,22H,8-11H2,1-3H3,(H,25,31). The fourth-order valence-corrected chi connectivity index (χ4v) is 4.73. The van der Waals surface area contributed by atoms with Crippen LogP contribution in [0.3, 0.4) is 0 Å². The molecule has 0 saturated carbocycles. The normalized spacial score (nSPS) is 14.2. The van der Waals surface area contributed by atoms with Gasteiger partial charge in [0, 0.05) is 24.9 Å². The maximum atomic E-state index is 13.4.